The molecule has 0 N–H and O–H groups in total. The van der Waals surface area contributed by atoms with Crippen LogP contribution in [0.25, 0.3) is 0 Å². The lowest BCUT2D eigenvalue weighted by Crippen LogP contribution is -2.32. The molecule has 0 fully saturated rings. The molecule has 0 saturated carbocycles. The number of methoxy groups -OCH3 is 1. The van der Waals surface area contributed by atoms with Crippen molar-refractivity contribution in [3.63, 3.8) is 0 Å². The lowest BCUT2D eigenvalue weighted by Gasteiger charge is -2.30. The second-order valence-corrected chi connectivity index (χ2v) is 4.77. The summed E-state index contributed by atoms with van der Waals surface area (Å²) in [6, 6.07) is 7.67. The first kappa shape index (κ1) is 14.1. The summed E-state index contributed by atoms with van der Waals surface area (Å²) in [6.45, 7) is 0.641. The second-order valence-electron chi connectivity index (χ2n) is 3.80. The molecule has 0 unspecified atom stereocenters. The van der Waals surface area contributed by atoms with Crippen molar-refractivity contribution < 1.29 is 4.74 Å². The number of benzene rings is 1. The van der Waals surface area contributed by atoms with Gasteiger partial charge in [0.1, 0.15) is 0 Å². The van der Waals surface area contributed by atoms with Gasteiger partial charge in [0.05, 0.1) is 0 Å². The molecule has 90 valence electrons. The van der Waals surface area contributed by atoms with Crippen LogP contribution in [0.5, 0.6) is 0 Å². The SMILES string of the molecule is COCCC(CCl)(CCl)c1ccc(Cl)cc1. The first-order valence-corrected chi connectivity index (χ1v) is 6.50. The molecule has 0 spiro atoms. The summed E-state index contributed by atoms with van der Waals surface area (Å²) in [5.41, 5.74) is 0.878. The number of ether oxygens (including phenoxy) is 1. The van der Waals surface area contributed by atoms with Gasteiger partial charge in [-0.1, -0.05) is 23.7 Å². The van der Waals surface area contributed by atoms with Crippen LogP contribution >= 0.6 is 34.8 Å². The normalized spacial score (nSPS) is 11.8. The van der Waals surface area contributed by atoms with E-state index in [9.17, 15) is 0 Å². The molecule has 1 rings (SSSR count). The number of hydrogen-bond acceptors (Lipinski definition) is 1. The van der Waals surface area contributed by atoms with Crippen LogP contribution in [0.4, 0.5) is 0 Å². The van der Waals surface area contributed by atoms with Gasteiger partial charge >= 0.3 is 0 Å². The zero-order valence-corrected chi connectivity index (χ0v) is 11.4. The van der Waals surface area contributed by atoms with Crippen LogP contribution < -0.4 is 0 Å². The zero-order chi connectivity index (χ0) is 12.0. The van der Waals surface area contributed by atoms with Crippen LogP contribution in [0, 0.1) is 0 Å². The van der Waals surface area contributed by atoms with E-state index in [4.69, 9.17) is 39.5 Å². The third kappa shape index (κ3) is 3.27. The summed E-state index contributed by atoms with van der Waals surface area (Å²) in [6.07, 6.45) is 0.804. The molecular weight excluding hydrogens is 266 g/mol. The quantitative estimate of drug-likeness (QED) is 0.714. The maximum Gasteiger partial charge on any atom is 0.0471 e. The summed E-state index contributed by atoms with van der Waals surface area (Å²) >= 11 is 18.0. The van der Waals surface area contributed by atoms with Gasteiger partial charge in [-0.05, 0) is 24.1 Å². The van der Waals surface area contributed by atoms with Crippen molar-refractivity contribution >= 4 is 34.8 Å². The van der Waals surface area contributed by atoms with E-state index in [-0.39, 0.29) is 5.41 Å². The fraction of sp³-hybridized carbons (Fsp3) is 0.500. The van der Waals surface area contributed by atoms with Crippen molar-refractivity contribution in [3.05, 3.63) is 34.9 Å². The van der Waals surface area contributed by atoms with Gasteiger partial charge in [-0.15, -0.1) is 23.2 Å². The Bertz CT molecular complexity index is 307. The summed E-state index contributed by atoms with van der Waals surface area (Å²) in [4.78, 5) is 0. The smallest absolute Gasteiger partial charge is 0.0471 e. The molecule has 0 atom stereocenters. The number of alkyl halides is 2. The molecule has 0 heterocycles. The largest absolute Gasteiger partial charge is 0.385 e. The third-order valence-electron chi connectivity index (χ3n) is 2.75. The monoisotopic (exact) mass is 280 g/mol. The van der Waals surface area contributed by atoms with Crippen molar-refractivity contribution in [2.24, 2.45) is 0 Å². The standard InChI is InChI=1S/C12H15Cl3O/c1-16-7-6-12(8-13,9-14)10-2-4-11(15)5-3-10/h2-5H,6-9H2,1H3. The fourth-order valence-electron chi connectivity index (χ4n) is 1.57. The maximum atomic E-state index is 6.06. The fourth-order valence-corrected chi connectivity index (χ4v) is 2.56. The van der Waals surface area contributed by atoms with Crippen molar-refractivity contribution in [2.75, 3.05) is 25.5 Å². The van der Waals surface area contributed by atoms with Crippen LogP contribution in [-0.4, -0.2) is 25.5 Å². The molecule has 0 aliphatic rings. The topological polar surface area (TPSA) is 9.23 Å². The van der Waals surface area contributed by atoms with E-state index in [1.54, 1.807) is 7.11 Å². The molecule has 16 heavy (non-hydrogen) atoms. The minimum Gasteiger partial charge on any atom is -0.385 e. The third-order valence-corrected chi connectivity index (χ3v) is 4.03. The Morgan fingerprint density at radius 2 is 1.69 bits per heavy atom. The Balaban J connectivity index is 2.95. The van der Waals surface area contributed by atoms with E-state index >= 15 is 0 Å². The Labute approximate surface area is 112 Å². The van der Waals surface area contributed by atoms with E-state index in [0.29, 0.717) is 23.4 Å². The summed E-state index contributed by atoms with van der Waals surface area (Å²) < 4.78 is 5.10. The highest BCUT2D eigenvalue weighted by atomic mass is 35.5. The van der Waals surface area contributed by atoms with E-state index < -0.39 is 0 Å². The number of halogens is 3. The Morgan fingerprint density at radius 3 is 2.12 bits per heavy atom. The molecule has 0 saturated heterocycles. The predicted molar refractivity (Wildman–Crippen MR) is 71.1 cm³/mol. The van der Waals surface area contributed by atoms with Crippen molar-refractivity contribution in [1.82, 2.24) is 0 Å². The summed E-state index contributed by atoms with van der Waals surface area (Å²) in [5.74, 6) is 0.947. The zero-order valence-electron chi connectivity index (χ0n) is 9.18. The molecule has 0 aliphatic heterocycles. The maximum absolute atomic E-state index is 6.06. The Hall–Kier alpha value is 0.0500. The van der Waals surface area contributed by atoms with Crippen molar-refractivity contribution in [2.45, 2.75) is 11.8 Å². The lowest BCUT2D eigenvalue weighted by atomic mass is 9.81. The molecule has 0 bridgehead atoms. The van der Waals surface area contributed by atoms with E-state index in [1.807, 2.05) is 24.3 Å². The molecule has 0 aliphatic carbocycles. The highest BCUT2D eigenvalue weighted by Gasteiger charge is 2.30. The van der Waals surface area contributed by atoms with Gasteiger partial charge in [0.2, 0.25) is 0 Å². The molecule has 1 aromatic rings. The van der Waals surface area contributed by atoms with Crippen LogP contribution in [0.1, 0.15) is 12.0 Å². The van der Waals surface area contributed by atoms with Gasteiger partial charge < -0.3 is 4.74 Å². The van der Waals surface area contributed by atoms with Crippen molar-refractivity contribution in [1.29, 1.82) is 0 Å². The van der Waals surface area contributed by atoms with Gasteiger partial charge in [-0.2, -0.15) is 0 Å². The molecule has 0 aromatic heterocycles. The molecule has 0 radical (unpaired) electrons. The number of rotatable bonds is 6. The van der Waals surface area contributed by atoms with Crippen LogP contribution in [0.3, 0.4) is 0 Å². The predicted octanol–water partition coefficient (Wildman–Crippen LogP) is 4.09. The molecule has 1 nitrogen and oxygen atoms in total. The Kier molecular flexibility index (Phi) is 5.91. The average molecular weight is 282 g/mol. The van der Waals surface area contributed by atoms with Gasteiger partial charge in [0.25, 0.3) is 0 Å². The second kappa shape index (κ2) is 6.70. The highest BCUT2D eigenvalue weighted by molar-refractivity contribution is 6.30. The molecule has 0 amide bonds. The van der Waals surface area contributed by atoms with Crippen LogP contribution in [0.2, 0.25) is 5.02 Å². The molecular formula is C12H15Cl3O. The molecule has 4 heteroatoms. The van der Waals surface area contributed by atoms with Crippen molar-refractivity contribution in [3.8, 4) is 0 Å². The average Bonchev–Trinajstić information content (AvgIpc) is 2.33. The minimum absolute atomic E-state index is 0.232. The van der Waals surface area contributed by atoms with E-state index in [0.717, 1.165) is 12.0 Å². The van der Waals surface area contributed by atoms with E-state index in [2.05, 4.69) is 0 Å². The lowest BCUT2D eigenvalue weighted by molar-refractivity contribution is 0.176. The number of hydrogen-bond donors (Lipinski definition) is 0. The highest BCUT2D eigenvalue weighted by Crippen LogP contribution is 2.32. The summed E-state index contributed by atoms with van der Waals surface area (Å²) in [7, 11) is 1.68. The van der Waals surface area contributed by atoms with E-state index in [1.165, 1.54) is 0 Å². The van der Waals surface area contributed by atoms with Crippen LogP contribution in [-0.2, 0) is 10.2 Å². The van der Waals surface area contributed by atoms with Gasteiger partial charge in [0, 0.05) is 35.9 Å². The minimum atomic E-state index is -0.232. The Morgan fingerprint density at radius 1 is 1.12 bits per heavy atom. The van der Waals surface area contributed by atoms with Crippen LogP contribution in [0.15, 0.2) is 24.3 Å². The first-order chi connectivity index (χ1) is 7.68. The van der Waals surface area contributed by atoms with Gasteiger partial charge in [-0.3, -0.25) is 0 Å². The van der Waals surface area contributed by atoms with Gasteiger partial charge in [0.15, 0.2) is 0 Å². The van der Waals surface area contributed by atoms with Gasteiger partial charge in [-0.25, -0.2) is 0 Å². The first-order valence-electron chi connectivity index (χ1n) is 5.05. The summed E-state index contributed by atoms with van der Waals surface area (Å²) in [5, 5.41) is 0.716. The molecule has 1 aromatic carbocycles.